The maximum atomic E-state index is 14.0. The second kappa shape index (κ2) is 5.10. The van der Waals surface area contributed by atoms with Gasteiger partial charge in [0.25, 0.3) is 0 Å². The number of hydrogen-bond donors (Lipinski definition) is 0. The number of anilines is 1. The van der Waals surface area contributed by atoms with Crippen molar-refractivity contribution in [1.29, 1.82) is 0 Å². The smallest absolute Gasteiger partial charge is 0.142 e. The highest BCUT2D eigenvalue weighted by Crippen LogP contribution is 2.27. The lowest BCUT2D eigenvalue weighted by Gasteiger charge is -2.22. The third-order valence-electron chi connectivity index (χ3n) is 3.11. The van der Waals surface area contributed by atoms with Crippen LogP contribution in [0, 0.1) is 5.82 Å². The molecule has 0 amide bonds. The molecule has 0 spiro atoms. The summed E-state index contributed by atoms with van der Waals surface area (Å²) in [6.07, 6.45) is 2.64. The highest BCUT2D eigenvalue weighted by Gasteiger charge is 2.16. The fraction of sp³-hybridized carbons (Fsp3) is 0.385. The second-order valence-corrected chi connectivity index (χ2v) is 5.51. The lowest BCUT2D eigenvalue weighted by molar-refractivity contribution is 0.638. The van der Waals surface area contributed by atoms with Crippen LogP contribution in [0.1, 0.15) is 6.42 Å². The molecule has 5 heteroatoms. The molecule has 0 N–H and O–H groups in total. The molecule has 0 saturated carbocycles. The van der Waals surface area contributed by atoms with E-state index in [9.17, 15) is 4.39 Å². The molecule has 1 aliphatic heterocycles. The van der Waals surface area contributed by atoms with Gasteiger partial charge in [-0.05, 0) is 24.3 Å². The van der Waals surface area contributed by atoms with Crippen molar-refractivity contribution < 1.29 is 4.39 Å². The number of benzene rings is 1. The molecule has 0 atom stereocenters. The molecule has 1 aromatic carbocycles. The molecule has 2 heterocycles. The summed E-state index contributed by atoms with van der Waals surface area (Å²) in [5, 5.41) is 0.548. The summed E-state index contributed by atoms with van der Waals surface area (Å²) < 4.78 is 14.0. The Labute approximate surface area is 109 Å². The molecule has 1 saturated heterocycles. The van der Waals surface area contributed by atoms with Gasteiger partial charge in [0.15, 0.2) is 0 Å². The largest absolute Gasteiger partial charge is 0.355 e. The Morgan fingerprint density at radius 2 is 2.11 bits per heavy atom. The van der Waals surface area contributed by atoms with Crippen LogP contribution in [0.3, 0.4) is 0 Å². The molecule has 3 nitrogen and oxygen atoms in total. The molecular formula is C13H14FN3S. The van der Waals surface area contributed by atoms with Gasteiger partial charge in [-0.25, -0.2) is 14.4 Å². The molecule has 3 rings (SSSR count). The van der Waals surface area contributed by atoms with E-state index in [0.717, 1.165) is 31.1 Å². The van der Waals surface area contributed by atoms with Gasteiger partial charge < -0.3 is 4.90 Å². The first-order valence-electron chi connectivity index (χ1n) is 6.08. The molecule has 0 aliphatic carbocycles. The Morgan fingerprint density at radius 1 is 1.17 bits per heavy atom. The third-order valence-corrected chi connectivity index (χ3v) is 4.16. The van der Waals surface area contributed by atoms with Crippen LogP contribution in [0.2, 0.25) is 0 Å². The van der Waals surface area contributed by atoms with Crippen LogP contribution < -0.4 is 4.90 Å². The highest BCUT2D eigenvalue weighted by molar-refractivity contribution is 7.99. The van der Waals surface area contributed by atoms with E-state index < -0.39 is 0 Å². The Balaban J connectivity index is 2.10. The zero-order chi connectivity index (χ0) is 12.4. The normalized spacial score (nSPS) is 16.8. The maximum absolute atomic E-state index is 14.0. The molecular weight excluding hydrogens is 249 g/mol. The molecule has 0 radical (unpaired) electrons. The van der Waals surface area contributed by atoms with Gasteiger partial charge in [0.05, 0.1) is 10.9 Å². The predicted molar refractivity (Wildman–Crippen MR) is 73.7 cm³/mol. The lowest BCUT2D eigenvalue weighted by Crippen LogP contribution is -2.26. The minimum absolute atomic E-state index is 0.236. The number of thioether (sulfide) groups is 1. The zero-order valence-corrected chi connectivity index (χ0v) is 10.8. The minimum atomic E-state index is -0.236. The Kier molecular flexibility index (Phi) is 3.32. The van der Waals surface area contributed by atoms with E-state index in [0.29, 0.717) is 10.9 Å². The van der Waals surface area contributed by atoms with E-state index in [1.165, 1.54) is 18.1 Å². The fourth-order valence-corrected chi connectivity index (χ4v) is 3.14. The predicted octanol–water partition coefficient (Wildman–Crippen LogP) is 2.71. The van der Waals surface area contributed by atoms with Crippen LogP contribution in [0.4, 0.5) is 10.2 Å². The summed E-state index contributed by atoms with van der Waals surface area (Å²) in [6.45, 7) is 1.86. The van der Waals surface area contributed by atoms with E-state index >= 15 is 0 Å². The molecule has 1 aromatic heterocycles. The average molecular weight is 263 g/mol. The Bertz CT molecular complexity index is 548. The van der Waals surface area contributed by atoms with Crippen molar-refractivity contribution >= 4 is 28.5 Å². The summed E-state index contributed by atoms with van der Waals surface area (Å²) in [5.74, 6) is 2.74. The van der Waals surface area contributed by atoms with Gasteiger partial charge in [0.2, 0.25) is 0 Å². The van der Waals surface area contributed by atoms with Gasteiger partial charge in [0.1, 0.15) is 18.0 Å². The summed E-state index contributed by atoms with van der Waals surface area (Å²) in [5.41, 5.74) is 0.678. The maximum Gasteiger partial charge on any atom is 0.142 e. The number of aromatic nitrogens is 2. The Hall–Kier alpha value is -1.36. The van der Waals surface area contributed by atoms with Crippen molar-refractivity contribution in [3.8, 4) is 0 Å². The van der Waals surface area contributed by atoms with Crippen LogP contribution in [0.15, 0.2) is 24.5 Å². The quantitative estimate of drug-likeness (QED) is 0.791. The van der Waals surface area contributed by atoms with Crippen LogP contribution in [-0.2, 0) is 0 Å². The SMILES string of the molecule is Fc1cccc2ncnc(N3CCCSCC3)c12. The number of hydrogen-bond acceptors (Lipinski definition) is 4. The van der Waals surface area contributed by atoms with Crippen molar-refractivity contribution in [2.45, 2.75) is 6.42 Å². The van der Waals surface area contributed by atoms with Gasteiger partial charge >= 0.3 is 0 Å². The van der Waals surface area contributed by atoms with Crippen LogP contribution in [0.25, 0.3) is 10.9 Å². The third kappa shape index (κ3) is 2.14. The van der Waals surface area contributed by atoms with E-state index in [4.69, 9.17) is 0 Å². The summed E-state index contributed by atoms with van der Waals surface area (Å²) in [6, 6.07) is 4.99. The van der Waals surface area contributed by atoms with E-state index in [-0.39, 0.29) is 5.82 Å². The first-order valence-corrected chi connectivity index (χ1v) is 7.23. The second-order valence-electron chi connectivity index (χ2n) is 4.28. The number of fused-ring (bicyclic) bond motifs is 1. The molecule has 18 heavy (non-hydrogen) atoms. The first-order chi connectivity index (χ1) is 8.86. The van der Waals surface area contributed by atoms with E-state index in [1.807, 2.05) is 17.8 Å². The van der Waals surface area contributed by atoms with E-state index in [1.54, 1.807) is 6.07 Å². The minimum Gasteiger partial charge on any atom is -0.355 e. The molecule has 1 aliphatic rings. The van der Waals surface area contributed by atoms with Gasteiger partial charge in [-0.3, -0.25) is 0 Å². The first kappa shape index (κ1) is 11.7. The average Bonchev–Trinajstić information content (AvgIpc) is 2.67. The van der Waals surface area contributed by atoms with Crippen LogP contribution in [-0.4, -0.2) is 34.6 Å². The van der Waals surface area contributed by atoms with Gasteiger partial charge in [-0.2, -0.15) is 11.8 Å². The monoisotopic (exact) mass is 263 g/mol. The summed E-state index contributed by atoms with van der Waals surface area (Å²) >= 11 is 1.94. The molecule has 0 unspecified atom stereocenters. The van der Waals surface area contributed by atoms with Gasteiger partial charge in [0, 0.05) is 18.8 Å². The zero-order valence-electron chi connectivity index (χ0n) is 9.97. The molecule has 1 fully saturated rings. The standard InChI is InChI=1S/C13H14FN3S/c14-10-3-1-4-11-12(10)13(16-9-15-11)17-5-2-7-18-8-6-17/h1,3-4,9H,2,5-8H2. The van der Waals surface area contributed by atoms with Crippen molar-refractivity contribution in [2.24, 2.45) is 0 Å². The summed E-state index contributed by atoms with van der Waals surface area (Å²) in [4.78, 5) is 10.6. The molecule has 94 valence electrons. The lowest BCUT2D eigenvalue weighted by atomic mass is 10.2. The van der Waals surface area contributed by atoms with Gasteiger partial charge in [-0.15, -0.1) is 0 Å². The number of nitrogens with zero attached hydrogens (tertiary/aromatic N) is 3. The highest BCUT2D eigenvalue weighted by atomic mass is 32.2. The van der Waals surface area contributed by atoms with Crippen molar-refractivity contribution in [3.63, 3.8) is 0 Å². The fourth-order valence-electron chi connectivity index (χ4n) is 2.25. The molecule has 2 aromatic rings. The van der Waals surface area contributed by atoms with Crippen molar-refractivity contribution in [1.82, 2.24) is 9.97 Å². The van der Waals surface area contributed by atoms with Crippen molar-refractivity contribution in [3.05, 3.63) is 30.3 Å². The number of halogens is 1. The summed E-state index contributed by atoms with van der Waals surface area (Å²) in [7, 11) is 0. The van der Waals surface area contributed by atoms with Gasteiger partial charge in [-0.1, -0.05) is 6.07 Å². The number of rotatable bonds is 1. The molecule has 0 bridgehead atoms. The topological polar surface area (TPSA) is 29.0 Å². The van der Waals surface area contributed by atoms with Crippen LogP contribution >= 0.6 is 11.8 Å². The van der Waals surface area contributed by atoms with Crippen molar-refractivity contribution in [2.75, 3.05) is 29.5 Å². The van der Waals surface area contributed by atoms with E-state index in [2.05, 4.69) is 14.9 Å². The Morgan fingerprint density at radius 3 is 3.06 bits per heavy atom. The van der Waals surface area contributed by atoms with Crippen LogP contribution in [0.5, 0.6) is 0 Å².